The van der Waals surface area contributed by atoms with Crippen LogP contribution >= 0.6 is 0 Å². The second kappa shape index (κ2) is 18.5. The lowest BCUT2D eigenvalue weighted by Crippen LogP contribution is -2.54. The van der Waals surface area contributed by atoms with Gasteiger partial charge in [0.05, 0.1) is 39.0 Å². The van der Waals surface area contributed by atoms with Crippen molar-refractivity contribution >= 4 is 11.9 Å². The van der Waals surface area contributed by atoms with Gasteiger partial charge in [-0.2, -0.15) is 0 Å². The lowest BCUT2D eigenvalue weighted by molar-refractivity contribution is -0.0877. The Morgan fingerprint density at radius 3 is 2.44 bits per heavy atom. The number of carbonyl (C=O) groups is 2. The Kier molecular flexibility index (Phi) is 13.9. The van der Waals surface area contributed by atoms with Crippen LogP contribution in [0.2, 0.25) is 0 Å². The van der Waals surface area contributed by atoms with Crippen LogP contribution in [0.15, 0.2) is 66.2 Å². The van der Waals surface area contributed by atoms with Crippen LogP contribution in [-0.4, -0.2) is 65.6 Å². The third-order valence-electron chi connectivity index (χ3n) is 13.9. The summed E-state index contributed by atoms with van der Waals surface area (Å²) in [6, 6.07) is 14.2. The first-order valence-electron chi connectivity index (χ1n) is 21.4. The highest BCUT2D eigenvalue weighted by Gasteiger charge is 2.58. The molecule has 59 heavy (non-hydrogen) atoms. The molecule has 4 aliphatic carbocycles. The standard InChI is InChI=1S/C49H63F2NO7/c1-30(2)38-17-11-32(4)23-45(38)59-47(55)52(28-35-13-16-37(57-6)27-44(35)58-7)29-49(56)22-20-41-39-18-12-33(24-36(53)15-10-31(3)9-8-21-48(41,49)5)25-40(39)46(54)34-14-19-42(50)43(51)26-34/h9,12-14,16,18-19,25-27,30,32,36,38,41,45,53,56H,8,10-11,15,17,20-24,28-29H2,1-7H3. The molecule has 0 aliphatic heterocycles. The van der Waals surface area contributed by atoms with Gasteiger partial charge >= 0.3 is 6.09 Å². The zero-order chi connectivity index (χ0) is 42.6. The van der Waals surface area contributed by atoms with E-state index in [1.54, 1.807) is 31.3 Å². The fourth-order valence-electron chi connectivity index (χ4n) is 10.1. The van der Waals surface area contributed by atoms with Crippen molar-refractivity contribution < 1.29 is 42.8 Å². The molecule has 0 saturated heterocycles. The summed E-state index contributed by atoms with van der Waals surface area (Å²) in [6.45, 7) is 10.7. The van der Waals surface area contributed by atoms with Crippen LogP contribution in [0.25, 0.3) is 0 Å². The van der Waals surface area contributed by atoms with Crippen LogP contribution in [-0.2, 0) is 17.7 Å². The Bertz CT molecular complexity index is 2020. The molecule has 3 aromatic rings. The minimum atomic E-state index is -1.44. The van der Waals surface area contributed by atoms with E-state index in [1.165, 1.54) is 6.07 Å². The number of ketones is 1. The van der Waals surface area contributed by atoms with E-state index < -0.39 is 40.6 Å². The van der Waals surface area contributed by atoms with Gasteiger partial charge in [0.2, 0.25) is 0 Å². The zero-order valence-electron chi connectivity index (χ0n) is 35.9. The third-order valence-corrected chi connectivity index (χ3v) is 13.9. The summed E-state index contributed by atoms with van der Waals surface area (Å²) >= 11 is 0. The Hall–Kier alpha value is -4.28. The monoisotopic (exact) mass is 815 g/mol. The molecule has 8 nitrogen and oxygen atoms in total. The molecule has 0 spiro atoms. The number of hydrogen-bond acceptors (Lipinski definition) is 7. The van der Waals surface area contributed by atoms with Crippen LogP contribution in [0, 0.1) is 34.8 Å². The topological polar surface area (TPSA) is 106 Å². The third kappa shape index (κ3) is 9.70. The number of aliphatic hydroxyl groups excluding tert-OH is 1. The van der Waals surface area contributed by atoms with Crippen molar-refractivity contribution in [1.29, 1.82) is 0 Å². The molecule has 2 saturated carbocycles. The quantitative estimate of drug-likeness (QED) is 0.155. The smallest absolute Gasteiger partial charge is 0.410 e. The predicted octanol–water partition coefficient (Wildman–Crippen LogP) is 10.4. The number of methoxy groups -OCH3 is 2. The SMILES string of the molecule is COc1ccc(CN(CC2(O)CCC3c4ccc(cc4C(=O)c4ccc(F)c(F)c4)CC(O)CCC(C)=CCCC32C)C(=O)OC2CC(C)CCC2C(C)C)c(OC)c1. The molecule has 2 N–H and O–H groups in total. The highest BCUT2D eigenvalue weighted by molar-refractivity contribution is 6.10. The van der Waals surface area contributed by atoms with E-state index in [0.29, 0.717) is 79.4 Å². The zero-order valence-corrected chi connectivity index (χ0v) is 35.9. The maximum absolute atomic E-state index is 14.7. The molecule has 0 heterocycles. The van der Waals surface area contributed by atoms with Crippen LogP contribution in [0.3, 0.4) is 0 Å². The van der Waals surface area contributed by atoms with Crippen molar-refractivity contribution in [2.45, 2.75) is 129 Å². The summed E-state index contributed by atoms with van der Waals surface area (Å²) in [5, 5.41) is 24.3. The van der Waals surface area contributed by atoms with Crippen molar-refractivity contribution in [3.05, 3.63) is 106 Å². The summed E-state index contributed by atoms with van der Waals surface area (Å²) in [5.41, 5.74) is 1.34. The fraction of sp³-hybridized carbons (Fsp3) is 0.551. The second-order valence-corrected chi connectivity index (χ2v) is 18.2. The first-order valence-corrected chi connectivity index (χ1v) is 21.4. The number of aliphatic hydroxyl groups is 2. The van der Waals surface area contributed by atoms with Crippen molar-refractivity contribution in [2.75, 3.05) is 20.8 Å². The number of nitrogens with zero attached hydrogens (tertiary/aromatic N) is 1. The Balaban J connectivity index is 1.43. The van der Waals surface area contributed by atoms with E-state index in [0.717, 1.165) is 48.1 Å². The van der Waals surface area contributed by atoms with Gasteiger partial charge in [-0.25, -0.2) is 13.6 Å². The van der Waals surface area contributed by atoms with Crippen molar-refractivity contribution in [3.63, 3.8) is 0 Å². The Labute approximate surface area is 348 Å². The number of hydrogen-bond donors (Lipinski definition) is 2. The summed E-state index contributed by atoms with van der Waals surface area (Å²) in [6.07, 6.45) is 7.10. The first-order chi connectivity index (χ1) is 28.0. The molecule has 320 valence electrons. The number of fused-ring (bicyclic) bond motifs is 8. The van der Waals surface area contributed by atoms with Gasteiger partial charge in [0.15, 0.2) is 17.4 Å². The maximum atomic E-state index is 14.7. The number of rotatable bonds is 10. The summed E-state index contributed by atoms with van der Waals surface area (Å²) < 4.78 is 46.3. The van der Waals surface area contributed by atoms with E-state index in [4.69, 9.17) is 14.2 Å². The van der Waals surface area contributed by atoms with Gasteiger partial charge in [0, 0.05) is 28.2 Å². The van der Waals surface area contributed by atoms with Crippen molar-refractivity contribution in [3.8, 4) is 11.5 Å². The van der Waals surface area contributed by atoms with Gasteiger partial charge in [0.25, 0.3) is 0 Å². The number of halogens is 2. The van der Waals surface area contributed by atoms with Gasteiger partial charge in [-0.15, -0.1) is 0 Å². The van der Waals surface area contributed by atoms with E-state index in [1.807, 2.05) is 24.3 Å². The minimum absolute atomic E-state index is 0.0107. The molecule has 0 aromatic heterocycles. The van der Waals surface area contributed by atoms with Crippen molar-refractivity contribution in [2.24, 2.45) is 23.2 Å². The van der Waals surface area contributed by atoms with Crippen LogP contribution in [0.4, 0.5) is 13.6 Å². The van der Waals surface area contributed by atoms with E-state index in [2.05, 4.69) is 40.7 Å². The van der Waals surface area contributed by atoms with E-state index in [9.17, 15) is 28.6 Å². The van der Waals surface area contributed by atoms with E-state index in [-0.39, 0.29) is 36.6 Å². The predicted molar refractivity (Wildman–Crippen MR) is 225 cm³/mol. The maximum Gasteiger partial charge on any atom is 0.410 e. The minimum Gasteiger partial charge on any atom is -0.497 e. The lowest BCUT2D eigenvalue weighted by Gasteiger charge is -2.46. The molecule has 10 heteroatoms. The van der Waals surface area contributed by atoms with Crippen LogP contribution in [0.5, 0.6) is 11.5 Å². The molecule has 4 aliphatic rings. The molecule has 7 unspecified atom stereocenters. The largest absolute Gasteiger partial charge is 0.497 e. The van der Waals surface area contributed by atoms with Crippen LogP contribution < -0.4 is 9.47 Å². The lowest BCUT2D eigenvalue weighted by atomic mass is 9.64. The number of allylic oxidation sites excluding steroid dienone is 2. The first kappa shape index (κ1) is 44.3. The van der Waals surface area contributed by atoms with Gasteiger partial charge in [-0.05, 0) is 136 Å². The number of benzene rings is 3. The number of ether oxygens (including phenoxy) is 3. The Morgan fingerprint density at radius 2 is 1.73 bits per heavy atom. The Morgan fingerprint density at radius 1 is 0.949 bits per heavy atom. The normalized spacial score (nSPS) is 27.4. The van der Waals surface area contributed by atoms with Crippen LogP contribution in [0.1, 0.15) is 131 Å². The average molecular weight is 816 g/mol. The highest BCUT2D eigenvalue weighted by Crippen LogP contribution is 2.59. The van der Waals surface area contributed by atoms with E-state index >= 15 is 0 Å². The molecule has 1 amide bonds. The highest BCUT2D eigenvalue weighted by atomic mass is 19.2. The molecule has 7 rings (SSSR count). The average Bonchev–Trinajstić information content (AvgIpc) is 3.45. The molecular formula is C49H63F2NO7. The molecule has 2 bridgehead atoms. The second-order valence-electron chi connectivity index (χ2n) is 18.2. The summed E-state index contributed by atoms with van der Waals surface area (Å²) in [4.78, 5) is 30.7. The summed E-state index contributed by atoms with van der Waals surface area (Å²) in [5.74, 6) is -0.871. The molecular weight excluding hydrogens is 753 g/mol. The number of carbonyl (C=O) groups excluding carboxylic acids is 2. The molecule has 2 fully saturated rings. The van der Waals surface area contributed by atoms with Gasteiger partial charge in [0.1, 0.15) is 17.6 Å². The number of amides is 1. The van der Waals surface area contributed by atoms with Gasteiger partial charge in [-0.3, -0.25) is 4.79 Å². The molecule has 7 atom stereocenters. The van der Waals surface area contributed by atoms with Gasteiger partial charge < -0.3 is 29.3 Å². The summed E-state index contributed by atoms with van der Waals surface area (Å²) in [7, 11) is 3.15. The molecule has 0 radical (unpaired) electrons. The van der Waals surface area contributed by atoms with Gasteiger partial charge in [-0.1, -0.05) is 57.9 Å². The van der Waals surface area contributed by atoms with Crippen molar-refractivity contribution in [1.82, 2.24) is 4.90 Å². The molecule has 3 aromatic carbocycles. The fourth-order valence-corrected chi connectivity index (χ4v) is 10.1.